The number of hydrogen-bond acceptors (Lipinski definition) is 2. The van der Waals surface area contributed by atoms with E-state index in [2.05, 4.69) is 41.4 Å². The Bertz CT molecular complexity index is 437. The third-order valence-electron chi connectivity index (χ3n) is 5.24. The Kier molecular flexibility index (Phi) is 5.32. The molecule has 1 atom stereocenters. The first-order valence-corrected chi connectivity index (χ1v) is 8.91. The van der Waals surface area contributed by atoms with Crippen molar-refractivity contribution >= 4 is 0 Å². The summed E-state index contributed by atoms with van der Waals surface area (Å²) in [7, 11) is 0. The van der Waals surface area contributed by atoms with E-state index in [9.17, 15) is 0 Å². The molecule has 1 aliphatic heterocycles. The van der Waals surface area contributed by atoms with Crippen LogP contribution in [0.4, 0.5) is 0 Å². The number of aryl methyl sites for hydroxylation is 1. The second-order valence-electron chi connectivity index (χ2n) is 6.80. The van der Waals surface area contributed by atoms with E-state index >= 15 is 0 Å². The Labute approximate surface area is 129 Å². The summed E-state index contributed by atoms with van der Waals surface area (Å²) in [5, 5.41) is 3.50. The average Bonchev–Trinajstić information content (AvgIpc) is 2.55. The first-order valence-electron chi connectivity index (χ1n) is 8.91. The fourth-order valence-electron chi connectivity index (χ4n) is 4.17. The van der Waals surface area contributed by atoms with Crippen LogP contribution in [0, 0.1) is 5.92 Å². The molecule has 0 spiro atoms. The Morgan fingerprint density at radius 3 is 2.76 bits per heavy atom. The van der Waals surface area contributed by atoms with Gasteiger partial charge in [0, 0.05) is 12.6 Å². The predicted molar refractivity (Wildman–Crippen MR) is 89.6 cm³/mol. The molecule has 0 bridgehead atoms. The van der Waals surface area contributed by atoms with Gasteiger partial charge in [-0.2, -0.15) is 0 Å². The summed E-state index contributed by atoms with van der Waals surface area (Å²) in [6, 6.07) is 9.83. The van der Waals surface area contributed by atoms with Gasteiger partial charge in [-0.1, -0.05) is 31.2 Å². The Hall–Kier alpha value is -0.860. The topological polar surface area (TPSA) is 15.3 Å². The zero-order chi connectivity index (χ0) is 14.5. The van der Waals surface area contributed by atoms with Crippen LogP contribution < -0.4 is 5.32 Å². The van der Waals surface area contributed by atoms with E-state index in [1.807, 2.05) is 0 Å². The largest absolute Gasteiger partial charge is 0.317 e. The SMILES string of the molecule is CCCN(CC1CCNCC1)C1CCCc2ccccc21. The number of fused-ring (bicyclic) bond motifs is 1. The highest BCUT2D eigenvalue weighted by molar-refractivity contribution is 5.32. The lowest BCUT2D eigenvalue weighted by atomic mass is 9.86. The molecule has 1 aromatic carbocycles. The van der Waals surface area contributed by atoms with Gasteiger partial charge in [-0.05, 0) is 75.2 Å². The standard InChI is InChI=1S/C19H30N2/c1-2-14-21(15-16-10-12-20-13-11-16)19-9-5-7-17-6-3-4-8-18(17)19/h3-4,6,8,16,19-20H,2,5,7,9-15H2,1H3. The molecule has 2 nitrogen and oxygen atoms in total. The van der Waals surface area contributed by atoms with E-state index in [0.717, 1.165) is 5.92 Å². The summed E-state index contributed by atoms with van der Waals surface area (Å²) in [6.45, 7) is 7.30. The molecule has 1 fully saturated rings. The van der Waals surface area contributed by atoms with Gasteiger partial charge in [-0.25, -0.2) is 0 Å². The van der Waals surface area contributed by atoms with Crippen LogP contribution in [0.2, 0.25) is 0 Å². The minimum absolute atomic E-state index is 0.671. The summed E-state index contributed by atoms with van der Waals surface area (Å²) < 4.78 is 0. The Morgan fingerprint density at radius 2 is 1.95 bits per heavy atom. The van der Waals surface area contributed by atoms with Gasteiger partial charge in [0.15, 0.2) is 0 Å². The first kappa shape index (κ1) is 15.1. The summed E-state index contributed by atoms with van der Waals surface area (Å²) >= 11 is 0. The normalized spacial score (nSPS) is 23.2. The molecule has 2 heteroatoms. The third kappa shape index (κ3) is 3.67. The van der Waals surface area contributed by atoms with E-state index in [1.54, 1.807) is 11.1 Å². The number of nitrogens with zero attached hydrogens (tertiary/aromatic N) is 1. The van der Waals surface area contributed by atoms with Crippen molar-refractivity contribution < 1.29 is 0 Å². The Balaban J connectivity index is 1.74. The number of hydrogen-bond donors (Lipinski definition) is 1. The van der Waals surface area contributed by atoms with Gasteiger partial charge in [-0.3, -0.25) is 4.90 Å². The molecule has 1 heterocycles. The molecule has 0 aromatic heterocycles. The molecular formula is C19H30N2. The molecule has 3 rings (SSSR count). The lowest BCUT2D eigenvalue weighted by Crippen LogP contribution is -2.39. The number of piperidine rings is 1. The molecule has 2 aliphatic rings. The van der Waals surface area contributed by atoms with Crippen LogP contribution >= 0.6 is 0 Å². The van der Waals surface area contributed by atoms with Crippen LogP contribution in [-0.2, 0) is 6.42 Å². The molecule has 1 N–H and O–H groups in total. The zero-order valence-corrected chi connectivity index (χ0v) is 13.5. The summed E-state index contributed by atoms with van der Waals surface area (Å²) in [5.74, 6) is 0.895. The van der Waals surface area contributed by atoms with E-state index in [-0.39, 0.29) is 0 Å². The number of benzene rings is 1. The molecule has 0 saturated carbocycles. The van der Waals surface area contributed by atoms with Crippen LogP contribution in [0.3, 0.4) is 0 Å². The zero-order valence-electron chi connectivity index (χ0n) is 13.5. The maximum absolute atomic E-state index is 3.50. The maximum atomic E-state index is 3.50. The molecule has 1 aliphatic carbocycles. The van der Waals surface area contributed by atoms with Gasteiger partial charge in [0.05, 0.1) is 0 Å². The van der Waals surface area contributed by atoms with Crippen LogP contribution in [0.1, 0.15) is 56.2 Å². The molecule has 0 amide bonds. The Morgan fingerprint density at radius 1 is 1.14 bits per heavy atom. The van der Waals surface area contributed by atoms with E-state index in [4.69, 9.17) is 0 Å². The summed E-state index contributed by atoms with van der Waals surface area (Å²) in [6.07, 6.45) is 7.96. The van der Waals surface area contributed by atoms with Gasteiger partial charge < -0.3 is 5.32 Å². The van der Waals surface area contributed by atoms with Crippen molar-refractivity contribution in [1.29, 1.82) is 0 Å². The number of rotatable bonds is 5. The van der Waals surface area contributed by atoms with Gasteiger partial charge in [0.25, 0.3) is 0 Å². The smallest absolute Gasteiger partial charge is 0.0351 e. The van der Waals surface area contributed by atoms with Crippen LogP contribution in [-0.4, -0.2) is 31.1 Å². The van der Waals surface area contributed by atoms with Crippen molar-refractivity contribution in [1.82, 2.24) is 10.2 Å². The average molecular weight is 286 g/mol. The summed E-state index contributed by atoms with van der Waals surface area (Å²) in [5.41, 5.74) is 3.21. The second kappa shape index (κ2) is 7.42. The van der Waals surface area contributed by atoms with Crippen LogP contribution in [0.15, 0.2) is 24.3 Å². The summed E-state index contributed by atoms with van der Waals surface area (Å²) in [4.78, 5) is 2.80. The van der Waals surface area contributed by atoms with Crippen molar-refractivity contribution in [3.63, 3.8) is 0 Å². The molecule has 21 heavy (non-hydrogen) atoms. The molecular weight excluding hydrogens is 256 g/mol. The van der Waals surface area contributed by atoms with E-state index < -0.39 is 0 Å². The van der Waals surface area contributed by atoms with Gasteiger partial charge in [0.1, 0.15) is 0 Å². The van der Waals surface area contributed by atoms with Crippen LogP contribution in [0.25, 0.3) is 0 Å². The molecule has 1 aromatic rings. The van der Waals surface area contributed by atoms with E-state index in [1.165, 1.54) is 64.7 Å². The molecule has 1 saturated heterocycles. The molecule has 1 unspecified atom stereocenters. The fraction of sp³-hybridized carbons (Fsp3) is 0.684. The molecule has 0 radical (unpaired) electrons. The van der Waals surface area contributed by atoms with Gasteiger partial charge in [-0.15, -0.1) is 0 Å². The highest BCUT2D eigenvalue weighted by Crippen LogP contribution is 2.35. The highest BCUT2D eigenvalue weighted by atomic mass is 15.2. The van der Waals surface area contributed by atoms with Crippen LogP contribution in [0.5, 0.6) is 0 Å². The van der Waals surface area contributed by atoms with Crippen molar-refractivity contribution in [2.75, 3.05) is 26.2 Å². The minimum Gasteiger partial charge on any atom is -0.317 e. The predicted octanol–water partition coefficient (Wildman–Crippen LogP) is 3.78. The van der Waals surface area contributed by atoms with Crippen molar-refractivity contribution in [2.24, 2.45) is 5.92 Å². The number of nitrogens with one attached hydrogen (secondary N) is 1. The first-order chi connectivity index (χ1) is 10.4. The second-order valence-corrected chi connectivity index (χ2v) is 6.80. The minimum atomic E-state index is 0.671. The third-order valence-corrected chi connectivity index (χ3v) is 5.24. The quantitative estimate of drug-likeness (QED) is 0.886. The maximum Gasteiger partial charge on any atom is 0.0351 e. The lowest BCUT2D eigenvalue weighted by Gasteiger charge is -2.38. The van der Waals surface area contributed by atoms with Gasteiger partial charge in [0.2, 0.25) is 0 Å². The monoisotopic (exact) mass is 286 g/mol. The van der Waals surface area contributed by atoms with Crippen molar-refractivity contribution in [3.8, 4) is 0 Å². The van der Waals surface area contributed by atoms with Crippen molar-refractivity contribution in [2.45, 2.75) is 51.5 Å². The van der Waals surface area contributed by atoms with Crippen molar-refractivity contribution in [3.05, 3.63) is 35.4 Å². The fourth-order valence-corrected chi connectivity index (χ4v) is 4.17. The van der Waals surface area contributed by atoms with E-state index in [0.29, 0.717) is 6.04 Å². The lowest BCUT2D eigenvalue weighted by molar-refractivity contribution is 0.138. The molecule has 116 valence electrons. The highest BCUT2D eigenvalue weighted by Gasteiger charge is 2.27. The van der Waals surface area contributed by atoms with Gasteiger partial charge >= 0.3 is 0 Å².